The van der Waals surface area contributed by atoms with E-state index < -0.39 is 0 Å². The van der Waals surface area contributed by atoms with Crippen molar-refractivity contribution in [3.63, 3.8) is 0 Å². The van der Waals surface area contributed by atoms with Gasteiger partial charge in [-0.15, -0.1) is 0 Å². The molecule has 0 N–H and O–H groups in total. The first-order valence-corrected chi connectivity index (χ1v) is 6.87. The molecule has 0 unspecified atom stereocenters. The first-order valence-electron chi connectivity index (χ1n) is 6.87. The third-order valence-corrected chi connectivity index (χ3v) is 3.66. The van der Waals surface area contributed by atoms with Crippen LogP contribution < -0.4 is 0 Å². The summed E-state index contributed by atoms with van der Waals surface area (Å²) in [6, 6.07) is 0. The second-order valence-corrected chi connectivity index (χ2v) is 6.00. The van der Waals surface area contributed by atoms with Crippen molar-refractivity contribution in [1.82, 2.24) is 0 Å². The Bertz CT molecular complexity index is 333. The number of carbonyl (C=O) groups is 1. The number of carbonyl (C=O) groups excluding carboxylic acids is 1. The van der Waals surface area contributed by atoms with Gasteiger partial charge in [0.1, 0.15) is 0 Å². The van der Waals surface area contributed by atoms with Crippen LogP contribution in [-0.4, -0.2) is 30.9 Å². The van der Waals surface area contributed by atoms with Crippen molar-refractivity contribution in [2.45, 2.75) is 59.2 Å². The molecule has 0 spiro atoms. The van der Waals surface area contributed by atoms with Crippen LogP contribution in [0.25, 0.3) is 0 Å². The molecule has 0 radical (unpaired) electrons. The summed E-state index contributed by atoms with van der Waals surface area (Å²) in [5.74, 6) is 1.81. The van der Waals surface area contributed by atoms with E-state index in [4.69, 9.17) is 14.0 Å². The molecule has 1 aliphatic heterocycles. The summed E-state index contributed by atoms with van der Waals surface area (Å²) in [5, 5.41) is 0. The fourth-order valence-electron chi connectivity index (χ4n) is 1.80. The van der Waals surface area contributed by atoms with Crippen LogP contribution in [0.3, 0.4) is 0 Å². The lowest BCUT2D eigenvalue weighted by molar-refractivity contribution is -0.143. The highest BCUT2D eigenvalue weighted by Gasteiger charge is 2.49. The molecule has 1 atom stereocenters. The highest BCUT2D eigenvalue weighted by molar-refractivity contribution is 6.51. The lowest BCUT2D eigenvalue weighted by Crippen LogP contribution is -2.41. The van der Waals surface area contributed by atoms with Gasteiger partial charge in [-0.3, -0.25) is 4.79 Å². The van der Waals surface area contributed by atoms with Crippen LogP contribution in [0.5, 0.6) is 0 Å². The van der Waals surface area contributed by atoms with E-state index in [1.54, 1.807) is 0 Å². The van der Waals surface area contributed by atoms with Crippen molar-refractivity contribution < 1.29 is 18.8 Å². The predicted octanol–water partition coefficient (Wildman–Crippen LogP) is 2.76. The molecule has 19 heavy (non-hydrogen) atoms. The predicted molar refractivity (Wildman–Crippen MR) is 75.6 cm³/mol. The van der Waals surface area contributed by atoms with Crippen LogP contribution in [0.2, 0.25) is 0 Å². The summed E-state index contributed by atoms with van der Waals surface area (Å²) in [5.41, 5.74) is -0.654. The Balaban J connectivity index is 2.48. The largest absolute Gasteiger partial charge is 0.486 e. The lowest BCUT2D eigenvalue weighted by atomic mass is 9.88. The molecule has 5 heteroatoms. The SMILES string of the molecule is CCOC(=O)C[C@H](C)C=CB1OC(C)(C)C(C)(C)O1. The highest BCUT2D eigenvalue weighted by Crippen LogP contribution is 2.36. The number of hydrogen-bond acceptors (Lipinski definition) is 4. The summed E-state index contributed by atoms with van der Waals surface area (Å²) in [7, 11) is -0.352. The summed E-state index contributed by atoms with van der Waals surface area (Å²) in [4.78, 5) is 11.3. The maximum atomic E-state index is 11.3. The quantitative estimate of drug-likeness (QED) is 0.568. The van der Waals surface area contributed by atoms with Crippen LogP contribution in [0.4, 0.5) is 0 Å². The van der Waals surface area contributed by atoms with Crippen LogP contribution in [-0.2, 0) is 18.8 Å². The van der Waals surface area contributed by atoms with Gasteiger partial charge in [-0.25, -0.2) is 0 Å². The number of hydrogen-bond donors (Lipinski definition) is 0. The van der Waals surface area contributed by atoms with Gasteiger partial charge in [0.15, 0.2) is 0 Å². The molecule has 1 heterocycles. The second kappa shape index (κ2) is 6.10. The van der Waals surface area contributed by atoms with Gasteiger partial charge >= 0.3 is 13.1 Å². The zero-order chi connectivity index (χ0) is 14.7. The molecule has 0 saturated carbocycles. The molecule has 0 aromatic heterocycles. The summed E-state index contributed by atoms with van der Waals surface area (Å²) in [6.45, 7) is 12.3. The van der Waals surface area contributed by atoms with E-state index >= 15 is 0 Å². The number of ether oxygens (including phenoxy) is 1. The minimum absolute atomic E-state index is 0.109. The summed E-state index contributed by atoms with van der Waals surface area (Å²) < 4.78 is 16.6. The molecule has 0 aromatic rings. The van der Waals surface area contributed by atoms with Gasteiger partial charge in [0, 0.05) is 0 Å². The molecule has 1 rings (SSSR count). The van der Waals surface area contributed by atoms with Crippen molar-refractivity contribution in [2.24, 2.45) is 5.92 Å². The molecular formula is C14H25BO4. The number of rotatable bonds is 5. The van der Waals surface area contributed by atoms with E-state index in [9.17, 15) is 4.79 Å². The van der Waals surface area contributed by atoms with Crippen LogP contribution >= 0.6 is 0 Å². The van der Waals surface area contributed by atoms with Crippen LogP contribution in [0.15, 0.2) is 12.1 Å². The molecular weight excluding hydrogens is 243 g/mol. The van der Waals surface area contributed by atoms with Crippen molar-refractivity contribution >= 4 is 13.1 Å². The van der Waals surface area contributed by atoms with Gasteiger partial charge in [-0.1, -0.05) is 19.0 Å². The topological polar surface area (TPSA) is 44.8 Å². The second-order valence-electron chi connectivity index (χ2n) is 6.00. The Morgan fingerprint density at radius 1 is 1.26 bits per heavy atom. The Kier molecular flexibility index (Phi) is 5.22. The van der Waals surface area contributed by atoms with Gasteiger partial charge < -0.3 is 14.0 Å². The average Bonchev–Trinajstić information content (AvgIpc) is 2.45. The van der Waals surface area contributed by atoms with E-state index in [0.717, 1.165) is 0 Å². The Morgan fingerprint density at radius 3 is 2.26 bits per heavy atom. The minimum Gasteiger partial charge on any atom is -0.466 e. The van der Waals surface area contributed by atoms with Gasteiger partial charge in [0.25, 0.3) is 0 Å². The van der Waals surface area contributed by atoms with Crippen molar-refractivity contribution in [3.8, 4) is 0 Å². The zero-order valence-corrected chi connectivity index (χ0v) is 12.9. The van der Waals surface area contributed by atoms with E-state index in [-0.39, 0.29) is 30.2 Å². The lowest BCUT2D eigenvalue weighted by Gasteiger charge is -2.32. The zero-order valence-electron chi connectivity index (χ0n) is 12.9. The van der Waals surface area contributed by atoms with Crippen LogP contribution in [0.1, 0.15) is 48.0 Å². The normalized spacial score (nSPS) is 22.7. The molecule has 4 nitrogen and oxygen atoms in total. The third-order valence-electron chi connectivity index (χ3n) is 3.66. The fraction of sp³-hybridized carbons (Fsp3) is 0.786. The molecule has 1 fully saturated rings. The molecule has 108 valence electrons. The molecule has 0 aromatic carbocycles. The van der Waals surface area contributed by atoms with Gasteiger partial charge in [-0.2, -0.15) is 0 Å². The van der Waals surface area contributed by atoms with E-state index in [2.05, 4.69) is 0 Å². The monoisotopic (exact) mass is 268 g/mol. The van der Waals surface area contributed by atoms with E-state index in [0.29, 0.717) is 13.0 Å². The Morgan fingerprint density at radius 2 is 1.79 bits per heavy atom. The maximum absolute atomic E-state index is 11.3. The number of esters is 1. The first-order chi connectivity index (χ1) is 8.68. The van der Waals surface area contributed by atoms with Crippen molar-refractivity contribution in [3.05, 3.63) is 12.1 Å². The van der Waals surface area contributed by atoms with Crippen LogP contribution in [0, 0.1) is 5.92 Å². The van der Waals surface area contributed by atoms with Crippen molar-refractivity contribution in [1.29, 1.82) is 0 Å². The first kappa shape index (κ1) is 16.2. The molecule has 1 aliphatic rings. The van der Waals surface area contributed by atoms with Gasteiger partial charge in [0.2, 0.25) is 0 Å². The Labute approximate surface area is 116 Å². The standard InChI is InChI=1S/C14H25BO4/c1-7-17-12(16)10-11(2)8-9-15-18-13(3,4)14(5,6)19-15/h8-9,11H,7,10H2,1-6H3/t11-/m1/s1. The molecule has 0 aliphatic carbocycles. The summed E-state index contributed by atoms with van der Waals surface area (Å²) in [6.07, 6.45) is 2.32. The average molecular weight is 268 g/mol. The molecule has 0 amide bonds. The fourth-order valence-corrected chi connectivity index (χ4v) is 1.80. The maximum Gasteiger partial charge on any atom is 0.486 e. The minimum atomic E-state index is -0.352. The highest BCUT2D eigenvalue weighted by atomic mass is 16.7. The summed E-state index contributed by atoms with van der Waals surface area (Å²) >= 11 is 0. The molecule has 0 bridgehead atoms. The number of allylic oxidation sites excluding steroid dienone is 1. The Hall–Kier alpha value is -0.805. The smallest absolute Gasteiger partial charge is 0.466 e. The third kappa shape index (κ3) is 4.35. The van der Waals surface area contributed by atoms with E-state index in [1.807, 2.05) is 53.6 Å². The van der Waals surface area contributed by atoms with Gasteiger partial charge in [-0.05, 0) is 40.5 Å². The van der Waals surface area contributed by atoms with Gasteiger partial charge in [0.05, 0.1) is 24.2 Å². The molecule has 1 saturated heterocycles. The van der Waals surface area contributed by atoms with Crippen molar-refractivity contribution in [2.75, 3.05) is 6.61 Å². The van der Waals surface area contributed by atoms with E-state index in [1.165, 1.54) is 0 Å².